The van der Waals surface area contributed by atoms with Gasteiger partial charge in [-0.25, -0.2) is 9.59 Å². The number of carbonyl (C=O) groups excluding carboxylic acids is 2. The second-order valence-electron chi connectivity index (χ2n) is 2.07. The summed E-state index contributed by atoms with van der Waals surface area (Å²) < 4.78 is 4.09. The SMILES string of the molecule is C[C@@H](O)[C@@H]1NC(=O)OC1=O. The molecule has 5 heteroatoms. The molecule has 0 spiro atoms. The molecule has 1 fully saturated rings. The van der Waals surface area contributed by atoms with E-state index >= 15 is 0 Å². The number of rotatable bonds is 1. The molecule has 5 nitrogen and oxygen atoms in total. The van der Waals surface area contributed by atoms with Crippen LogP contribution >= 0.6 is 0 Å². The fourth-order valence-corrected chi connectivity index (χ4v) is 0.688. The van der Waals surface area contributed by atoms with Crippen molar-refractivity contribution < 1.29 is 19.4 Å². The molecule has 0 unspecified atom stereocenters. The fourth-order valence-electron chi connectivity index (χ4n) is 0.688. The average molecular weight is 145 g/mol. The Morgan fingerprint density at radius 1 is 1.70 bits per heavy atom. The summed E-state index contributed by atoms with van der Waals surface area (Å²) >= 11 is 0. The monoisotopic (exact) mass is 145 g/mol. The van der Waals surface area contributed by atoms with Gasteiger partial charge >= 0.3 is 12.1 Å². The quantitative estimate of drug-likeness (QED) is 0.366. The maximum Gasteiger partial charge on any atom is 0.415 e. The Labute approximate surface area is 57.0 Å². The third kappa shape index (κ3) is 1.08. The van der Waals surface area contributed by atoms with Crippen molar-refractivity contribution >= 4 is 12.1 Å². The van der Waals surface area contributed by atoms with E-state index in [9.17, 15) is 9.59 Å². The molecule has 1 heterocycles. The average Bonchev–Trinajstić information content (AvgIpc) is 2.10. The second kappa shape index (κ2) is 2.26. The third-order valence-electron chi connectivity index (χ3n) is 1.20. The molecule has 0 aliphatic carbocycles. The van der Waals surface area contributed by atoms with Crippen molar-refractivity contribution in [2.75, 3.05) is 0 Å². The zero-order valence-electron chi connectivity index (χ0n) is 5.33. The summed E-state index contributed by atoms with van der Waals surface area (Å²) in [6.07, 6.45) is -1.70. The first-order valence-corrected chi connectivity index (χ1v) is 2.81. The van der Waals surface area contributed by atoms with Crippen LogP contribution in [0.5, 0.6) is 0 Å². The number of esters is 1. The molecule has 2 N–H and O–H groups in total. The highest BCUT2D eigenvalue weighted by atomic mass is 16.6. The van der Waals surface area contributed by atoms with Gasteiger partial charge in [0.1, 0.15) is 0 Å². The van der Waals surface area contributed by atoms with Crippen molar-refractivity contribution in [1.82, 2.24) is 5.32 Å². The van der Waals surface area contributed by atoms with E-state index in [1.54, 1.807) is 0 Å². The largest absolute Gasteiger partial charge is 0.415 e. The zero-order chi connectivity index (χ0) is 7.72. The van der Waals surface area contributed by atoms with Gasteiger partial charge in [-0.2, -0.15) is 0 Å². The molecule has 2 atom stereocenters. The number of nitrogens with one attached hydrogen (secondary N) is 1. The molecule has 1 rings (SSSR count). The Kier molecular flexibility index (Phi) is 1.58. The van der Waals surface area contributed by atoms with Crippen LogP contribution in [0.4, 0.5) is 4.79 Å². The van der Waals surface area contributed by atoms with E-state index in [1.807, 2.05) is 0 Å². The van der Waals surface area contributed by atoms with Gasteiger partial charge in [-0.1, -0.05) is 0 Å². The lowest BCUT2D eigenvalue weighted by Gasteiger charge is -2.06. The molecule has 0 bridgehead atoms. The molecular formula is C5H7NO4. The number of hydrogen-bond acceptors (Lipinski definition) is 4. The van der Waals surface area contributed by atoms with Crippen LogP contribution in [0.15, 0.2) is 0 Å². The Morgan fingerprint density at radius 2 is 2.30 bits per heavy atom. The lowest BCUT2D eigenvalue weighted by molar-refractivity contribution is -0.137. The summed E-state index contributed by atoms with van der Waals surface area (Å²) in [5.41, 5.74) is 0. The number of aliphatic hydroxyl groups excluding tert-OH is 1. The Bertz CT molecular complexity index is 176. The van der Waals surface area contributed by atoms with Crippen LogP contribution in [-0.4, -0.2) is 29.3 Å². The molecule has 1 aliphatic heterocycles. The topological polar surface area (TPSA) is 75.6 Å². The van der Waals surface area contributed by atoms with Gasteiger partial charge in [0.25, 0.3) is 0 Å². The maximum absolute atomic E-state index is 10.6. The van der Waals surface area contributed by atoms with E-state index in [0.29, 0.717) is 0 Å². The number of alkyl carbamates (subject to hydrolysis) is 1. The first-order chi connectivity index (χ1) is 4.61. The number of ether oxygens (including phenoxy) is 1. The van der Waals surface area contributed by atoms with Crippen molar-refractivity contribution in [3.05, 3.63) is 0 Å². The third-order valence-corrected chi connectivity index (χ3v) is 1.20. The molecule has 1 saturated heterocycles. The lowest BCUT2D eigenvalue weighted by Crippen LogP contribution is -2.38. The molecule has 56 valence electrons. The van der Waals surface area contributed by atoms with Gasteiger partial charge in [0.05, 0.1) is 6.10 Å². The number of carbonyl (C=O) groups is 2. The maximum atomic E-state index is 10.6. The molecule has 0 saturated carbocycles. The van der Waals surface area contributed by atoms with Crippen LogP contribution in [0.2, 0.25) is 0 Å². The van der Waals surface area contributed by atoms with E-state index in [1.165, 1.54) is 6.92 Å². The van der Waals surface area contributed by atoms with Gasteiger partial charge in [0.15, 0.2) is 6.04 Å². The minimum atomic E-state index is -0.904. The van der Waals surface area contributed by atoms with Crippen LogP contribution in [0.25, 0.3) is 0 Å². The van der Waals surface area contributed by atoms with E-state index < -0.39 is 24.2 Å². The van der Waals surface area contributed by atoms with Crippen LogP contribution in [0, 0.1) is 0 Å². The van der Waals surface area contributed by atoms with E-state index in [0.717, 1.165) is 0 Å². The van der Waals surface area contributed by atoms with Crippen molar-refractivity contribution in [2.24, 2.45) is 0 Å². The molecule has 0 aromatic rings. The van der Waals surface area contributed by atoms with E-state index in [-0.39, 0.29) is 0 Å². The summed E-state index contributed by atoms with van der Waals surface area (Å²) in [6.45, 7) is 1.40. The van der Waals surface area contributed by atoms with Crippen LogP contribution in [0.3, 0.4) is 0 Å². The molecule has 1 amide bonds. The Hall–Kier alpha value is -1.10. The Morgan fingerprint density at radius 3 is 2.50 bits per heavy atom. The van der Waals surface area contributed by atoms with Gasteiger partial charge in [-0.3, -0.25) is 0 Å². The second-order valence-corrected chi connectivity index (χ2v) is 2.07. The van der Waals surface area contributed by atoms with Crippen molar-refractivity contribution in [3.8, 4) is 0 Å². The molecule has 1 aliphatic rings. The van der Waals surface area contributed by atoms with Crippen LogP contribution in [-0.2, 0) is 9.53 Å². The summed E-state index contributed by atoms with van der Waals surface area (Å²) in [4.78, 5) is 20.9. The lowest BCUT2D eigenvalue weighted by atomic mass is 10.2. The van der Waals surface area contributed by atoms with Gasteiger partial charge in [0, 0.05) is 0 Å². The normalized spacial score (nSPS) is 27.6. The van der Waals surface area contributed by atoms with Crippen molar-refractivity contribution in [3.63, 3.8) is 0 Å². The first-order valence-electron chi connectivity index (χ1n) is 2.81. The number of cyclic esters (lactones) is 2. The molecule has 0 aromatic carbocycles. The van der Waals surface area contributed by atoms with Gasteiger partial charge in [0.2, 0.25) is 0 Å². The Balaban J connectivity index is 2.63. The van der Waals surface area contributed by atoms with Gasteiger partial charge in [-0.05, 0) is 6.92 Å². The highest BCUT2D eigenvalue weighted by Crippen LogP contribution is 2.03. The highest BCUT2D eigenvalue weighted by molar-refractivity contribution is 5.95. The van der Waals surface area contributed by atoms with E-state index in [4.69, 9.17) is 5.11 Å². The molecule has 0 radical (unpaired) electrons. The standard InChI is InChI=1S/C5H7NO4/c1-2(7)3-4(8)10-5(9)6-3/h2-3,7H,1H3,(H,6,9)/t2-,3+/m1/s1. The van der Waals surface area contributed by atoms with Crippen molar-refractivity contribution in [2.45, 2.75) is 19.1 Å². The first kappa shape index (κ1) is 7.01. The zero-order valence-corrected chi connectivity index (χ0v) is 5.33. The predicted octanol–water partition coefficient (Wildman–Crippen LogP) is -0.998. The molecule has 10 heavy (non-hydrogen) atoms. The smallest absolute Gasteiger partial charge is 0.391 e. The highest BCUT2D eigenvalue weighted by Gasteiger charge is 2.35. The van der Waals surface area contributed by atoms with Gasteiger partial charge in [-0.15, -0.1) is 0 Å². The van der Waals surface area contributed by atoms with Crippen molar-refractivity contribution in [1.29, 1.82) is 0 Å². The van der Waals surface area contributed by atoms with Crippen LogP contribution in [0.1, 0.15) is 6.92 Å². The minimum absolute atomic E-state index is 0.722. The summed E-state index contributed by atoms with van der Waals surface area (Å²) in [6, 6.07) is -0.896. The summed E-state index contributed by atoms with van der Waals surface area (Å²) in [7, 11) is 0. The van der Waals surface area contributed by atoms with Crippen LogP contribution < -0.4 is 5.32 Å². The number of hydrogen-bond donors (Lipinski definition) is 2. The van der Waals surface area contributed by atoms with E-state index in [2.05, 4.69) is 10.1 Å². The number of amides is 1. The number of aliphatic hydroxyl groups is 1. The predicted molar refractivity (Wildman–Crippen MR) is 30.1 cm³/mol. The summed E-state index contributed by atoms with van der Waals surface area (Å²) in [5.74, 6) is -0.722. The van der Waals surface area contributed by atoms with Gasteiger partial charge < -0.3 is 15.2 Å². The summed E-state index contributed by atoms with van der Waals surface area (Å²) in [5, 5.41) is 11.0. The molecular weight excluding hydrogens is 138 g/mol. The molecule has 0 aromatic heterocycles. The fraction of sp³-hybridized carbons (Fsp3) is 0.600. The minimum Gasteiger partial charge on any atom is -0.391 e.